The Hall–Kier alpha value is -3.15. The number of likely N-dealkylation sites (tertiary alicyclic amines) is 1. The highest BCUT2D eigenvalue weighted by molar-refractivity contribution is 5.67. The second-order valence-electron chi connectivity index (χ2n) is 7.33. The Morgan fingerprint density at radius 2 is 1.79 bits per heavy atom. The van der Waals surface area contributed by atoms with Crippen LogP contribution in [0.15, 0.2) is 67.1 Å². The Kier molecular flexibility index (Phi) is 5.60. The summed E-state index contributed by atoms with van der Waals surface area (Å²) in [6.07, 6.45) is 7.07. The van der Waals surface area contributed by atoms with Crippen LogP contribution in [0.1, 0.15) is 36.8 Å². The molecule has 1 aromatic carbocycles. The zero-order valence-electron chi connectivity index (χ0n) is 16.7. The summed E-state index contributed by atoms with van der Waals surface area (Å²) in [4.78, 5) is 23.3. The van der Waals surface area contributed by atoms with Gasteiger partial charge >= 0.3 is 6.09 Å². The zero-order valence-corrected chi connectivity index (χ0v) is 16.7. The fourth-order valence-corrected chi connectivity index (χ4v) is 4.21. The molecule has 4 rings (SSSR count). The lowest BCUT2D eigenvalue weighted by Gasteiger charge is -2.41. The van der Waals surface area contributed by atoms with Gasteiger partial charge < -0.3 is 14.2 Å². The van der Waals surface area contributed by atoms with Crippen LogP contribution < -0.4 is 0 Å². The van der Waals surface area contributed by atoms with Crippen molar-refractivity contribution >= 4 is 6.09 Å². The molecule has 0 aliphatic carbocycles. The molecule has 0 radical (unpaired) electrons. The zero-order chi connectivity index (χ0) is 20.1. The van der Waals surface area contributed by atoms with Crippen LogP contribution in [0.4, 0.5) is 4.79 Å². The normalized spacial score (nSPS) is 15.8. The molecule has 0 atom stereocenters. The average molecular weight is 390 g/mol. The van der Waals surface area contributed by atoms with E-state index in [0.29, 0.717) is 26.2 Å². The molecule has 1 saturated heterocycles. The lowest BCUT2D eigenvalue weighted by atomic mass is 9.72. The summed E-state index contributed by atoms with van der Waals surface area (Å²) in [6, 6.07) is 16.5. The number of aromatic nitrogens is 3. The van der Waals surface area contributed by atoms with E-state index < -0.39 is 0 Å². The van der Waals surface area contributed by atoms with E-state index in [9.17, 15) is 4.79 Å². The number of imidazole rings is 1. The van der Waals surface area contributed by atoms with Crippen molar-refractivity contribution in [3.05, 3.63) is 84.2 Å². The van der Waals surface area contributed by atoms with Crippen LogP contribution in [-0.4, -0.2) is 45.2 Å². The number of hydrogen-bond donors (Lipinski definition) is 0. The van der Waals surface area contributed by atoms with Gasteiger partial charge in [0.25, 0.3) is 0 Å². The molecule has 3 heterocycles. The highest BCUT2D eigenvalue weighted by Gasteiger charge is 2.42. The van der Waals surface area contributed by atoms with Crippen molar-refractivity contribution in [1.29, 1.82) is 0 Å². The van der Waals surface area contributed by atoms with E-state index >= 15 is 0 Å². The van der Waals surface area contributed by atoms with E-state index in [-0.39, 0.29) is 11.5 Å². The van der Waals surface area contributed by atoms with Crippen molar-refractivity contribution in [2.24, 2.45) is 0 Å². The number of rotatable bonds is 5. The number of carbonyl (C=O) groups is 1. The van der Waals surface area contributed by atoms with Gasteiger partial charge in [-0.1, -0.05) is 36.4 Å². The van der Waals surface area contributed by atoms with Gasteiger partial charge in [0.05, 0.1) is 24.3 Å². The molecule has 150 valence electrons. The lowest BCUT2D eigenvalue weighted by Crippen LogP contribution is -2.47. The maximum Gasteiger partial charge on any atom is 0.409 e. The first-order chi connectivity index (χ1) is 14.2. The van der Waals surface area contributed by atoms with Gasteiger partial charge in [0, 0.05) is 31.7 Å². The number of nitrogens with zero attached hydrogens (tertiary/aromatic N) is 4. The third kappa shape index (κ3) is 3.88. The molecule has 29 heavy (non-hydrogen) atoms. The third-order valence-corrected chi connectivity index (χ3v) is 5.67. The summed E-state index contributed by atoms with van der Waals surface area (Å²) in [5, 5.41) is 0. The first-order valence-corrected chi connectivity index (χ1v) is 10.1. The van der Waals surface area contributed by atoms with E-state index in [1.807, 2.05) is 49.8 Å². The van der Waals surface area contributed by atoms with Gasteiger partial charge in [-0.15, -0.1) is 0 Å². The number of piperidine rings is 1. The smallest absolute Gasteiger partial charge is 0.409 e. The van der Waals surface area contributed by atoms with Crippen molar-refractivity contribution in [3.8, 4) is 0 Å². The van der Waals surface area contributed by atoms with Crippen molar-refractivity contribution in [2.75, 3.05) is 19.7 Å². The highest BCUT2D eigenvalue weighted by atomic mass is 16.6. The quantitative estimate of drug-likeness (QED) is 0.664. The van der Waals surface area contributed by atoms with Crippen LogP contribution in [-0.2, 0) is 16.7 Å². The van der Waals surface area contributed by atoms with Crippen molar-refractivity contribution < 1.29 is 9.53 Å². The maximum absolute atomic E-state index is 12.2. The topological polar surface area (TPSA) is 60.2 Å². The fraction of sp³-hybridized carbons (Fsp3) is 0.348. The van der Waals surface area contributed by atoms with E-state index in [2.05, 4.69) is 33.8 Å². The lowest BCUT2D eigenvalue weighted by molar-refractivity contribution is 0.0894. The molecule has 3 aromatic rings. The molecule has 0 unspecified atom stereocenters. The second-order valence-corrected chi connectivity index (χ2v) is 7.33. The molecular formula is C23H26N4O2. The van der Waals surface area contributed by atoms with Crippen molar-refractivity contribution in [3.63, 3.8) is 0 Å². The van der Waals surface area contributed by atoms with Crippen molar-refractivity contribution in [2.45, 2.75) is 31.7 Å². The van der Waals surface area contributed by atoms with Crippen LogP contribution in [0.25, 0.3) is 0 Å². The van der Waals surface area contributed by atoms with Gasteiger partial charge in [-0.05, 0) is 37.5 Å². The number of benzene rings is 1. The third-order valence-electron chi connectivity index (χ3n) is 5.67. The van der Waals surface area contributed by atoms with Crippen LogP contribution in [0.2, 0.25) is 0 Å². The summed E-state index contributed by atoms with van der Waals surface area (Å²) >= 11 is 0. The van der Waals surface area contributed by atoms with E-state index in [1.54, 1.807) is 4.90 Å². The average Bonchev–Trinajstić information content (AvgIpc) is 3.24. The molecule has 6 nitrogen and oxygen atoms in total. The summed E-state index contributed by atoms with van der Waals surface area (Å²) in [5.74, 6) is 1.03. The summed E-state index contributed by atoms with van der Waals surface area (Å²) in [7, 11) is 0. The SMILES string of the molecule is CCOC(=O)N1CCC(c2ccccc2)(c2nccn2Cc2ccccn2)CC1. The number of hydrogen-bond acceptors (Lipinski definition) is 4. The van der Waals surface area contributed by atoms with Gasteiger partial charge in [0.1, 0.15) is 5.82 Å². The Morgan fingerprint density at radius 1 is 1.03 bits per heavy atom. The molecule has 6 heteroatoms. The highest BCUT2D eigenvalue weighted by Crippen LogP contribution is 2.41. The Labute approximate surface area is 171 Å². The molecule has 2 aromatic heterocycles. The molecule has 0 N–H and O–H groups in total. The monoisotopic (exact) mass is 390 g/mol. The Balaban J connectivity index is 1.67. The Bertz CT molecular complexity index is 932. The van der Waals surface area contributed by atoms with Crippen molar-refractivity contribution in [1.82, 2.24) is 19.4 Å². The van der Waals surface area contributed by atoms with Gasteiger partial charge in [-0.25, -0.2) is 9.78 Å². The summed E-state index contributed by atoms with van der Waals surface area (Å²) < 4.78 is 7.40. The number of carbonyl (C=O) groups excluding carboxylic acids is 1. The minimum Gasteiger partial charge on any atom is -0.450 e. The predicted octanol–water partition coefficient (Wildman–Crippen LogP) is 3.86. The molecule has 0 saturated carbocycles. The van der Waals surface area contributed by atoms with Crippen LogP contribution >= 0.6 is 0 Å². The van der Waals surface area contributed by atoms with Gasteiger partial charge in [-0.2, -0.15) is 0 Å². The van der Waals surface area contributed by atoms with Crippen LogP contribution in [0.3, 0.4) is 0 Å². The number of amides is 1. The minimum absolute atomic E-state index is 0.231. The molecule has 1 aliphatic heterocycles. The number of pyridine rings is 1. The molecule has 0 spiro atoms. The molecule has 1 amide bonds. The van der Waals surface area contributed by atoms with Gasteiger partial charge in [-0.3, -0.25) is 4.98 Å². The van der Waals surface area contributed by atoms with Crippen LogP contribution in [0, 0.1) is 0 Å². The number of ether oxygens (including phenoxy) is 1. The first kappa shape index (κ1) is 19.2. The second kappa shape index (κ2) is 8.47. The first-order valence-electron chi connectivity index (χ1n) is 10.1. The van der Waals surface area contributed by atoms with E-state index in [4.69, 9.17) is 9.72 Å². The molecular weight excluding hydrogens is 364 g/mol. The predicted molar refractivity (Wildman–Crippen MR) is 111 cm³/mol. The van der Waals surface area contributed by atoms with Crippen LogP contribution in [0.5, 0.6) is 0 Å². The summed E-state index contributed by atoms with van der Waals surface area (Å²) in [6.45, 7) is 4.19. The minimum atomic E-state index is -0.247. The summed E-state index contributed by atoms with van der Waals surface area (Å²) in [5.41, 5.74) is 1.98. The molecule has 1 fully saturated rings. The largest absolute Gasteiger partial charge is 0.450 e. The fourth-order valence-electron chi connectivity index (χ4n) is 4.21. The Morgan fingerprint density at radius 3 is 2.48 bits per heavy atom. The maximum atomic E-state index is 12.2. The van der Waals surface area contributed by atoms with Gasteiger partial charge in [0.15, 0.2) is 0 Å². The molecule has 0 bridgehead atoms. The standard InChI is InChI=1S/C23H26N4O2/c1-2-29-22(28)26-15-11-23(12-16-26,19-8-4-3-5-9-19)21-25-14-17-27(21)18-20-10-6-7-13-24-20/h3-10,13-14,17H,2,11-12,15-16,18H2,1H3. The van der Waals surface area contributed by atoms with E-state index in [0.717, 1.165) is 24.4 Å². The van der Waals surface area contributed by atoms with E-state index in [1.165, 1.54) is 5.56 Å². The van der Waals surface area contributed by atoms with Gasteiger partial charge in [0.2, 0.25) is 0 Å². The molecule has 1 aliphatic rings.